The van der Waals surface area contributed by atoms with Crippen LogP contribution in [0.5, 0.6) is 0 Å². The minimum absolute atomic E-state index is 0.160. The first kappa shape index (κ1) is 16.7. The summed E-state index contributed by atoms with van der Waals surface area (Å²) in [6.45, 7) is 1.93. The van der Waals surface area contributed by atoms with Crippen LogP contribution in [0.2, 0.25) is 5.02 Å². The third-order valence-corrected chi connectivity index (χ3v) is 7.45. The lowest BCUT2D eigenvalue weighted by Crippen LogP contribution is -2.49. The molecule has 0 N–H and O–H groups in total. The van der Waals surface area contributed by atoms with Crippen molar-refractivity contribution in [3.8, 4) is 0 Å². The molecule has 6 nitrogen and oxygen atoms in total. The summed E-state index contributed by atoms with van der Waals surface area (Å²) in [5.41, 5.74) is 0. The number of nitrogens with zero attached hydrogens (tertiary/aromatic N) is 4. The number of sulfonamides is 1. The minimum atomic E-state index is -3.59. The molecule has 0 amide bonds. The van der Waals surface area contributed by atoms with Gasteiger partial charge >= 0.3 is 0 Å². The van der Waals surface area contributed by atoms with Crippen molar-refractivity contribution in [2.75, 3.05) is 31.1 Å². The predicted octanol–water partition coefficient (Wildman–Crippen LogP) is 2.86. The second-order valence-corrected chi connectivity index (χ2v) is 8.87. The van der Waals surface area contributed by atoms with Crippen molar-refractivity contribution in [2.45, 2.75) is 4.90 Å². The molecule has 0 spiro atoms. The topological polar surface area (TPSA) is 66.4 Å². The maximum atomic E-state index is 12.8. The van der Waals surface area contributed by atoms with Crippen LogP contribution in [0.1, 0.15) is 0 Å². The van der Waals surface area contributed by atoms with E-state index in [9.17, 15) is 8.42 Å². The van der Waals surface area contributed by atoms with Crippen molar-refractivity contribution in [1.82, 2.24) is 14.3 Å². The number of benzene rings is 1. The van der Waals surface area contributed by atoms with Crippen molar-refractivity contribution in [2.24, 2.45) is 0 Å². The fourth-order valence-electron chi connectivity index (χ4n) is 2.96. The highest BCUT2D eigenvalue weighted by Gasteiger charge is 2.30. The van der Waals surface area contributed by atoms with Crippen LogP contribution >= 0.6 is 22.9 Å². The van der Waals surface area contributed by atoms with Gasteiger partial charge < -0.3 is 4.90 Å². The monoisotopic (exact) mass is 394 g/mol. The smallest absolute Gasteiger partial charge is 0.244 e. The average Bonchev–Trinajstić information content (AvgIpc) is 3.11. The van der Waals surface area contributed by atoms with E-state index >= 15 is 0 Å². The van der Waals surface area contributed by atoms with Gasteiger partial charge in [-0.25, -0.2) is 18.4 Å². The van der Waals surface area contributed by atoms with Crippen molar-refractivity contribution in [3.05, 3.63) is 47.1 Å². The summed E-state index contributed by atoms with van der Waals surface area (Å²) in [6.07, 6.45) is 1.56. The normalized spacial score (nSPS) is 16.4. The van der Waals surface area contributed by atoms with Gasteiger partial charge in [0.25, 0.3) is 0 Å². The standard InChI is InChI=1S/C16H15ClN4O2S2/c17-13-3-1-2-4-14(13)25(22,23)21-8-6-20(7-9-21)15-12-5-10-24-16(12)19-11-18-15/h1-5,10-11H,6-9H2. The van der Waals surface area contributed by atoms with Crippen LogP contribution < -0.4 is 4.90 Å². The van der Waals surface area contributed by atoms with Gasteiger partial charge in [0.2, 0.25) is 10.0 Å². The quantitative estimate of drug-likeness (QED) is 0.683. The van der Waals surface area contributed by atoms with E-state index in [1.54, 1.807) is 41.9 Å². The molecule has 1 aromatic carbocycles. The highest BCUT2D eigenvalue weighted by molar-refractivity contribution is 7.89. The van der Waals surface area contributed by atoms with Crippen LogP contribution in [0.4, 0.5) is 5.82 Å². The van der Waals surface area contributed by atoms with E-state index in [2.05, 4.69) is 14.9 Å². The molecule has 0 bridgehead atoms. The lowest BCUT2D eigenvalue weighted by molar-refractivity contribution is 0.384. The Labute approximate surface area is 154 Å². The number of fused-ring (bicyclic) bond motifs is 1. The van der Waals surface area contributed by atoms with Crippen LogP contribution in [-0.2, 0) is 10.0 Å². The second-order valence-electron chi connectivity index (χ2n) is 5.66. The highest BCUT2D eigenvalue weighted by Crippen LogP contribution is 2.29. The number of hydrogen-bond acceptors (Lipinski definition) is 6. The maximum Gasteiger partial charge on any atom is 0.244 e. The Morgan fingerprint density at radius 3 is 2.56 bits per heavy atom. The summed E-state index contributed by atoms with van der Waals surface area (Å²) in [7, 11) is -3.59. The third-order valence-electron chi connectivity index (χ3n) is 4.23. The zero-order valence-electron chi connectivity index (χ0n) is 13.2. The summed E-state index contributed by atoms with van der Waals surface area (Å²) in [5.74, 6) is 0.862. The number of hydrogen-bond donors (Lipinski definition) is 0. The number of rotatable bonds is 3. The number of anilines is 1. The van der Waals surface area contributed by atoms with Crippen LogP contribution in [-0.4, -0.2) is 48.9 Å². The fraction of sp³-hybridized carbons (Fsp3) is 0.250. The fourth-order valence-corrected chi connectivity index (χ4v) is 5.60. The van der Waals surface area contributed by atoms with Gasteiger partial charge in [-0.1, -0.05) is 23.7 Å². The number of thiophene rings is 1. The molecule has 9 heteroatoms. The molecule has 3 heterocycles. The van der Waals surface area contributed by atoms with Crippen molar-refractivity contribution >= 4 is 49.0 Å². The first-order valence-electron chi connectivity index (χ1n) is 7.75. The van der Waals surface area contributed by atoms with E-state index in [0.717, 1.165) is 16.0 Å². The molecular formula is C16H15ClN4O2S2. The Balaban J connectivity index is 1.56. The van der Waals surface area contributed by atoms with Gasteiger partial charge in [0.15, 0.2) is 0 Å². The van der Waals surface area contributed by atoms with Crippen LogP contribution in [0.3, 0.4) is 0 Å². The summed E-state index contributed by atoms with van der Waals surface area (Å²) < 4.78 is 27.1. The Hall–Kier alpha value is -1.74. The molecule has 1 aliphatic rings. The molecule has 0 aliphatic carbocycles. The van der Waals surface area contributed by atoms with E-state index in [1.165, 1.54) is 4.31 Å². The van der Waals surface area contributed by atoms with Crippen LogP contribution in [0, 0.1) is 0 Å². The van der Waals surface area contributed by atoms with Gasteiger partial charge in [-0.2, -0.15) is 4.31 Å². The van der Waals surface area contributed by atoms with Crippen molar-refractivity contribution < 1.29 is 8.42 Å². The number of aromatic nitrogens is 2. The molecule has 1 fully saturated rings. The molecule has 1 saturated heterocycles. The van der Waals surface area contributed by atoms with E-state index in [1.807, 2.05) is 11.4 Å². The lowest BCUT2D eigenvalue weighted by atomic mass is 10.3. The average molecular weight is 395 g/mol. The third kappa shape index (κ3) is 2.99. The summed E-state index contributed by atoms with van der Waals surface area (Å²) in [5, 5.41) is 3.25. The van der Waals surface area contributed by atoms with Gasteiger partial charge in [0, 0.05) is 26.2 Å². The largest absolute Gasteiger partial charge is 0.353 e. The van der Waals surface area contributed by atoms with Gasteiger partial charge in [0.05, 0.1) is 10.4 Å². The van der Waals surface area contributed by atoms with Crippen LogP contribution in [0.25, 0.3) is 10.2 Å². The van der Waals surface area contributed by atoms with Gasteiger partial charge in [-0.15, -0.1) is 11.3 Å². The first-order chi connectivity index (χ1) is 12.1. The molecule has 0 unspecified atom stereocenters. The Bertz CT molecular complexity index is 1010. The van der Waals surface area contributed by atoms with Crippen LogP contribution in [0.15, 0.2) is 46.9 Å². The molecular weight excluding hydrogens is 380 g/mol. The SMILES string of the molecule is O=S(=O)(c1ccccc1Cl)N1CCN(c2ncnc3sccc23)CC1. The van der Waals surface area contributed by atoms with Gasteiger partial charge in [-0.3, -0.25) is 0 Å². The Kier molecular flexibility index (Phi) is 4.36. The van der Waals surface area contributed by atoms with E-state index < -0.39 is 10.0 Å². The summed E-state index contributed by atoms with van der Waals surface area (Å²) in [6, 6.07) is 8.55. The molecule has 2 aromatic heterocycles. The maximum absolute atomic E-state index is 12.8. The predicted molar refractivity (Wildman–Crippen MR) is 99.8 cm³/mol. The molecule has 1 aliphatic heterocycles. The van der Waals surface area contributed by atoms with Crippen molar-refractivity contribution in [1.29, 1.82) is 0 Å². The number of piperazine rings is 1. The Morgan fingerprint density at radius 1 is 1.04 bits per heavy atom. The summed E-state index contributed by atoms with van der Waals surface area (Å²) >= 11 is 7.64. The zero-order chi connectivity index (χ0) is 17.4. The first-order valence-corrected chi connectivity index (χ1v) is 10.4. The van der Waals surface area contributed by atoms with Gasteiger partial charge in [-0.05, 0) is 23.6 Å². The van der Waals surface area contributed by atoms with Gasteiger partial charge in [0.1, 0.15) is 21.9 Å². The molecule has 3 aromatic rings. The van der Waals surface area contributed by atoms with E-state index in [0.29, 0.717) is 26.2 Å². The molecule has 0 saturated carbocycles. The molecule has 130 valence electrons. The molecule has 25 heavy (non-hydrogen) atoms. The highest BCUT2D eigenvalue weighted by atomic mass is 35.5. The molecule has 4 rings (SSSR count). The van der Waals surface area contributed by atoms with E-state index in [-0.39, 0.29) is 9.92 Å². The van der Waals surface area contributed by atoms with E-state index in [4.69, 9.17) is 11.6 Å². The Morgan fingerprint density at radius 2 is 1.80 bits per heavy atom. The summed E-state index contributed by atoms with van der Waals surface area (Å²) in [4.78, 5) is 11.9. The number of halogens is 1. The minimum Gasteiger partial charge on any atom is -0.353 e. The molecule has 0 atom stereocenters. The lowest BCUT2D eigenvalue weighted by Gasteiger charge is -2.35. The second kappa shape index (κ2) is 6.53. The van der Waals surface area contributed by atoms with Crippen molar-refractivity contribution in [3.63, 3.8) is 0 Å². The zero-order valence-corrected chi connectivity index (χ0v) is 15.6. The molecule has 0 radical (unpaired) electrons.